The van der Waals surface area contributed by atoms with E-state index in [1.807, 2.05) is 30.3 Å². The third-order valence-electron chi connectivity index (χ3n) is 5.30. The van der Waals surface area contributed by atoms with E-state index in [4.69, 9.17) is 0 Å². The quantitative estimate of drug-likeness (QED) is 0.693. The average Bonchev–Trinajstić information content (AvgIpc) is 3.27. The van der Waals surface area contributed by atoms with Gasteiger partial charge in [-0.1, -0.05) is 42.5 Å². The molecule has 5 nitrogen and oxygen atoms in total. The Hall–Kier alpha value is -2.95. The molecule has 0 N–H and O–H groups in total. The van der Waals surface area contributed by atoms with E-state index in [1.165, 1.54) is 18.3 Å². The van der Waals surface area contributed by atoms with Gasteiger partial charge < -0.3 is 4.90 Å². The van der Waals surface area contributed by atoms with Gasteiger partial charge in [0.1, 0.15) is 12.7 Å². The molecular weight excluding hydrogens is 336 g/mol. The highest BCUT2D eigenvalue weighted by molar-refractivity contribution is 5.98. The molecule has 1 atom stereocenters. The van der Waals surface area contributed by atoms with Gasteiger partial charge in [-0.15, -0.1) is 0 Å². The molecule has 0 aliphatic carbocycles. The van der Waals surface area contributed by atoms with Crippen molar-refractivity contribution in [2.75, 3.05) is 6.54 Å². The first-order valence-corrected chi connectivity index (χ1v) is 9.62. The Labute approximate surface area is 159 Å². The van der Waals surface area contributed by atoms with E-state index < -0.39 is 0 Å². The van der Waals surface area contributed by atoms with Gasteiger partial charge >= 0.3 is 0 Å². The lowest BCUT2D eigenvalue weighted by atomic mass is 9.95. The molecule has 1 saturated heterocycles. The minimum atomic E-state index is 0.0962. The number of carbonyl (C=O) groups is 1. The first-order chi connectivity index (χ1) is 13.3. The van der Waals surface area contributed by atoms with E-state index in [9.17, 15) is 4.79 Å². The zero-order valence-electron chi connectivity index (χ0n) is 15.4. The van der Waals surface area contributed by atoms with Gasteiger partial charge in [0.25, 0.3) is 5.91 Å². The minimum absolute atomic E-state index is 0.0962. The molecule has 0 unspecified atom stereocenters. The number of para-hydroxylation sites is 1. The van der Waals surface area contributed by atoms with Gasteiger partial charge in [0, 0.05) is 12.6 Å². The second kappa shape index (κ2) is 8.16. The molecule has 1 aliphatic heterocycles. The van der Waals surface area contributed by atoms with Crippen molar-refractivity contribution in [1.82, 2.24) is 19.7 Å². The van der Waals surface area contributed by atoms with Crippen molar-refractivity contribution in [3.63, 3.8) is 0 Å². The molecule has 0 radical (unpaired) electrons. The average molecular weight is 360 g/mol. The van der Waals surface area contributed by atoms with Crippen LogP contribution in [0.1, 0.15) is 41.6 Å². The topological polar surface area (TPSA) is 51.0 Å². The number of nitrogens with zero attached hydrogens (tertiary/aromatic N) is 4. The number of carbonyl (C=O) groups excluding carboxylic acids is 1. The fourth-order valence-corrected chi connectivity index (χ4v) is 3.89. The lowest BCUT2D eigenvalue weighted by Gasteiger charge is -2.36. The summed E-state index contributed by atoms with van der Waals surface area (Å²) in [6.07, 6.45) is 8.46. The summed E-state index contributed by atoms with van der Waals surface area (Å²) in [5, 5.41) is 4.20. The first-order valence-electron chi connectivity index (χ1n) is 9.62. The van der Waals surface area contributed by atoms with Crippen LogP contribution in [-0.4, -0.2) is 38.2 Å². The number of benzene rings is 2. The van der Waals surface area contributed by atoms with Crippen molar-refractivity contribution in [2.45, 2.75) is 38.1 Å². The molecule has 1 fully saturated rings. The van der Waals surface area contributed by atoms with E-state index >= 15 is 0 Å². The molecule has 1 aromatic heterocycles. The van der Waals surface area contributed by atoms with Crippen LogP contribution in [0.5, 0.6) is 0 Å². The third kappa shape index (κ3) is 3.92. The van der Waals surface area contributed by atoms with E-state index in [0.29, 0.717) is 5.56 Å². The van der Waals surface area contributed by atoms with Crippen molar-refractivity contribution >= 4 is 5.91 Å². The van der Waals surface area contributed by atoms with E-state index in [-0.39, 0.29) is 11.9 Å². The summed E-state index contributed by atoms with van der Waals surface area (Å²) in [4.78, 5) is 19.5. The summed E-state index contributed by atoms with van der Waals surface area (Å²) in [6.45, 7) is 0.823. The zero-order chi connectivity index (χ0) is 18.5. The van der Waals surface area contributed by atoms with Gasteiger partial charge in [-0.2, -0.15) is 5.10 Å². The van der Waals surface area contributed by atoms with Crippen molar-refractivity contribution in [1.29, 1.82) is 0 Å². The predicted octanol–water partition coefficient (Wildman–Crippen LogP) is 3.89. The SMILES string of the molecule is O=C(c1ccccc1-n1cncn1)N1CCCC[C@@H]1CCc1ccccc1. The van der Waals surface area contributed by atoms with Crippen LogP contribution in [0.3, 0.4) is 0 Å². The Morgan fingerprint density at radius 1 is 1.04 bits per heavy atom. The number of aryl methyl sites for hydroxylation is 1. The summed E-state index contributed by atoms with van der Waals surface area (Å²) in [5.41, 5.74) is 2.81. The standard InChI is InChI=1S/C22H24N4O/c27-22(20-11-4-5-12-21(20)26-17-23-16-24-26)25-15-7-6-10-19(25)14-13-18-8-2-1-3-9-18/h1-5,8-9,11-12,16-17,19H,6-7,10,13-15H2/t19-/m1/s1. The van der Waals surface area contributed by atoms with Crippen LogP contribution in [-0.2, 0) is 6.42 Å². The number of likely N-dealkylation sites (tertiary alicyclic amines) is 1. The second-order valence-electron chi connectivity index (χ2n) is 7.03. The zero-order valence-corrected chi connectivity index (χ0v) is 15.4. The van der Waals surface area contributed by atoms with Crippen LogP contribution in [0, 0.1) is 0 Å². The maximum atomic E-state index is 13.4. The minimum Gasteiger partial charge on any atom is -0.336 e. The fourth-order valence-electron chi connectivity index (χ4n) is 3.89. The Balaban J connectivity index is 1.55. The molecule has 4 rings (SSSR count). The molecule has 0 bridgehead atoms. The van der Waals surface area contributed by atoms with Crippen molar-refractivity contribution < 1.29 is 4.79 Å². The molecule has 5 heteroatoms. The summed E-state index contributed by atoms with van der Waals surface area (Å²) in [6, 6.07) is 18.5. The van der Waals surface area contributed by atoms with Crippen LogP contribution in [0.4, 0.5) is 0 Å². The number of hydrogen-bond donors (Lipinski definition) is 0. The van der Waals surface area contributed by atoms with Crippen LogP contribution in [0.15, 0.2) is 67.3 Å². The van der Waals surface area contributed by atoms with Gasteiger partial charge in [-0.25, -0.2) is 9.67 Å². The fraction of sp³-hybridized carbons (Fsp3) is 0.318. The molecule has 138 valence electrons. The molecule has 1 amide bonds. The maximum absolute atomic E-state index is 13.4. The number of piperidine rings is 1. The van der Waals surface area contributed by atoms with Crippen LogP contribution in [0.25, 0.3) is 5.69 Å². The highest BCUT2D eigenvalue weighted by Crippen LogP contribution is 2.25. The number of rotatable bonds is 5. The molecule has 0 saturated carbocycles. The van der Waals surface area contributed by atoms with E-state index in [2.05, 4.69) is 39.2 Å². The highest BCUT2D eigenvalue weighted by atomic mass is 16.2. The molecular formula is C22H24N4O. The van der Waals surface area contributed by atoms with Crippen LogP contribution < -0.4 is 0 Å². The lowest BCUT2D eigenvalue weighted by molar-refractivity contribution is 0.0602. The number of hydrogen-bond acceptors (Lipinski definition) is 3. The smallest absolute Gasteiger partial charge is 0.256 e. The molecule has 1 aliphatic rings. The van der Waals surface area contributed by atoms with Gasteiger partial charge in [0.05, 0.1) is 11.3 Å². The molecule has 2 heterocycles. The molecule has 3 aromatic rings. The van der Waals surface area contributed by atoms with Crippen LogP contribution >= 0.6 is 0 Å². The summed E-state index contributed by atoms with van der Waals surface area (Å²) in [5.74, 6) is 0.0962. The predicted molar refractivity (Wildman–Crippen MR) is 105 cm³/mol. The van der Waals surface area contributed by atoms with E-state index in [0.717, 1.165) is 37.9 Å². The monoisotopic (exact) mass is 360 g/mol. The summed E-state index contributed by atoms with van der Waals surface area (Å²) >= 11 is 0. The van der Waals surface area contributed by atoms with Gasteiger partial charge in [-0.05, 0) is 49.8 Å². The van der Waals surface area contributed by atoms with Crippen molar-refractivity contribution in [3.8, 4) is 5.69 Å². The largest absolute Gasteiger partial charge is 0.336 e. The van der Waals surface area contributed by atoms with Crippen LogP contribution in [0.2, 0.25) is 0 Å². The summed E-state index contributed by atoms with van der Waals surface area (Å²) in [7, 11) is 0. The highest BCUT2D eigenvalue weighted by Gasteiger charge is 2.28. The second-order valence-corrected chi connectivity index (χ2v) is 7.03. The van der Waals surface area contributed by atoms with Gasteiger partial charge in [-0.3, -0.25) is 4.79 Å². The summed E-state index contributed by atoms with van der Waals surface area (Å²) < 4.78 is 1.66. The Kier molecular flexibility index (Phi) is 5.28. The molecule has 2 aromatic carbocycles. The maximum Gasteiger partial charge on any atom is 0.256 e. The Morgan fingerprint density at radius 3 is 2.67 bits per heavy atom. The number of amides is 1. The number of aromatic nitrogens is 3. The lowest BCUT2D eigenvalue weighted by Crippen LogP contribution is -2.44. The third-order valence-corrected chi connectivity index (χ3v) is 5.30. The Bertz CT molecular complexity index is 876. The Morgan fingerprint density at radius 2 is 1.85 bits per heavy atom. The van der Waals surface area contributed by atoms with Gasteiger partial charge in [0.2, 0.25) is 0 Å². The van der Waals surface area contributed by atoms with E-state index in [1.54, 1.807) is 11.0 Å². The van der Waals surface area contributed by atoms with Crippen molar-refractivity contribution in [3.05, 3.63) is 78.4 Å². The molecule has 27 heavy (non-hydrogen) atoms. The first kappa shape index (κ1) is 17.5. The van der Waals surface area contributed by atoms with Crippen molar-refractivity contribution in [2.24, 2.45) is 0 Å². The normalized spacial score (nSPS) is 17.0. The van der Waals surface area contributed by atoms with Gasteiger partial charge in [0.15, 0.2) is 0 Å². The molecule has 0 spiro atoms.